The summed E-state index contributed by atoms with van der Waals surface area (Å²) in [6, 6.07) is 83.6. The van der Waals surface area contributed by atoms with E-state index < -0.39 is 0 Å². The number of hydrogen-bond donors (Lipinski definition) is 0. The van der Waals surface area contributed by atoms with Crippen molar-refractivity contribution in [3.8, 4) is 22.3 Å². The third-order valence-electron chi connectivity index (χ3n) is 13.0. The summed E-state index contributed by atoms with van der Waals surface area (Å²) in [5.41, 5.74) is 13.1. The topological polar surface area (TPSA) is 20.8 Å². The van der Waals surface area contributed by atoms with Crippen LogP contribution in [0, 0.1) is 0 Å². The zero-order valence-electron chi connectivity index (χ0n) is 34.2. The SMILES string of the molecule is c1ccc(-c2ccc(N(c3ccc(-c4cccc5c4oc4ccccc45)cc3)c3ccc4c(c3)c3cccc5c6ccccc6c6ccccc6c6ccccc6n4c53)cc2)cc1. The van der Waals surface area contributed by atoms with Gasteiger partial charge in [0.05, 0.1) is 16.6 Å². The number of hydrogen-bond acceptors (Lipinski definition) is 2. The number of nitrogens with zero attached hydrogens (tertiary/aromatic N) is 2. The molecule has 3 aromatic heterocycles. The Morgan fingerprint density at radius 3 is 1.49 bits per heavy atom. The highest BCUT2D eigenvalue weighted by atomic mass is 16.3. The molecule has 63 heavy (non-hydrogen) atoms. The van der Waals surface area contributed by atoms with Gasteiger partial charge in [0.25, 0.3) is 0 Å². The van der Waals surface area contributed by atoms with E-state index in [0.29, 0.717) is 0 Å². The molecule has 13 rings (SSSR count). The molecule has 3 nitrogen and oxygen atoms in total. The number of rotatable bonds is 5. The molecule has 0 aliphatic heterocycles. The van der Waals surface area contributed by atoms with Crippen LogP contribution in [0.4, 0.5) is 17.1 Å². The molecule has 294 valence electrons. The molecular formula is C60H38N2O. The highest BCUT2D eigenvalue weighted by Crippen LogP contribution is 2.43. The van der Waals surface area contributed by atoms with E-state index in [0.717, 1.165) is 50.1 Å². The zero-order valence-corrected chi connectivity index (χ0v) is 34.2. The van der Waals surface area contributed by atoms with Gasteiger partial charge in [-0.3, -0.25) is 0 Å². The third kappa shape index (κ3) is 5.53. The lowest BCUT2D eigenvalue weighted by molar-refractivity contribution is 0.670. The van der Waals surface area contributed by atoms with Crippen LogP contribution in [0.2, 0.25) is 0 Å². The maximum absolute atomic E-state index is 6.47. The minimum absolute atomic E-state index is 0.903. The molecule has 13 aromatic rings. The normalized spacial score (nSPS) is 11.8. The highest BCUT2D eigenvalue weighted by molar-refractivity contribution is 6.25. The van der Waals surface area contributed by atoms with Gasteiger partial charge in [-0.15, -0.1) is 0 Å². The fourth-order valence-corrected chi connectivity index (χ4v) is 10.1. The number of fused-ring (bicyclic) bond motifs is 13. The maximum atomic E-state index is 6.47. The fraction of sp³-hybridized carbons (Fsp3) is 0. The average molecular weight is 803 g/mol. The predicted octanol–water partition coefficient (Wildman–Crippen LogP) is 17.0. The molecule has 0 spiro atoms. The second-order valence-electron chi connectivity index (χ2n) is 16.4. The van der Waals surface area contributed by atoms with Crippen LogP contribution in [0.5, 0.6) is 0 Å². The van der Waals surface area contributed by atoms with Crippen molar-refractivity contribution in [2.24, 2.45) is 0 Å². The number of aromatic nitrogens is 1. The van der Waals surface area contributed by atoms with Gasteiger partial charge in [-0.25, -0.2) is 0 Å². The Kier molecular flexibility index (Phi) is 7.91. The molecule has 0 N–H and O–H groups in total. The van der Waals surface area contributed by atoms with Gasteiger partial charge in [-0.2, -0.15) is 0 Å². The largest absolute Gasteiger partial charge is 0.455 e. The summed E-state index contributed by atoms with van der Waals surface area (Å²) in [5.74, 6) is 0. The van der Waals surface area contributed by atoms with Gasteiger partial charge in [0, 0.05) is 54.9 Å². The maximum Gasteiger partial charge on any atom is 0.143 e. The van der Waals surface area contributed by atoms with Crippen molar-refractivity contribution in [3.05, 3.63) is 231 Å². The van der Waals surface area contributed by atoms with Crippen molar-refractivity contribution in [2.45, 2.75) is 0 Å². The van der Waals surface area contributed by atoms with Crippen molar-refractivity contribution in [3.63, 3.8) is 0 Å². The molecule has 0 saturated carbocycles. The van der Waals surface area contributed by atoms with E-state index in [9.17, 15) is 0 Å². The molecule has 3 heterocycles. The Morgan fingerprint density at radius 2 is 0.778 bits per heavy atom. The molecule has 0 fully saturated rings. The van der Waals surface area contributed by atoms with E-state index >= 15 is 0 Å². The molecule has 0 aliphatic rings. The molecule has 0 unspecified atom stereocenters. The van der Waals surface area contributed by atoms with Gasteiger partial charge in [-0.05, 0) is 92.8 Å². The summed E-state index contributed by atoms with van der Waals surface area (Å²) < 4.78 is 8.98. The lowest BCUT2D eigenvalue weighted by Crippen LogP contribution is -2.09. The van der Waals surface area contributed by atoms with Crippen molar-refractivity contribution >= 4 is 98.6 Å². The quantitative estimate of drug-likeness (QED) is 0.173. The second-order valence-corrected chi connectivity index (χ2v) is 16.4. The predicted molar refractivity (Wildman–Crippen MR) is 267 cm³/mol. The van der Waals surface area contributed by atoms with Crippen LogP contribution in [0.1, 0.15) is 0 Å². The Balaban J connectivity index is 1.05. The van der Waals surface area contributed by atoms with Crippen LogP contribution >= 0.6 is 0 Å². The standard InChI is InChI=1S/C60H38N2O/c1-2-14-39(15-3-1)40-28-32-42(33-29-40)61(43-34-30-41(31-35-43)45-22-12-25-54-51-21-9-11-27-58(51)63-60(45)54)44-36-37-57-55(38-44)53-24-13-23-52-49-19-7-5-17-47(49)46-16-4-6-18-48(46)50-20-8-10-26-56(50)62(57)59(52)53/h1-38H. The first-order valence-electron chi connectivity index (χ1n) is 21.6. The Labute approximate surface area is 363 Å². The molecule has 10 aromatic carbocycles. The van der Waals surface area contributed by atoms with E-state index in [-0.39, 0.29) is 0 Å². The zero-order chi connectivity index (χ0) is 41.4. The lowest BCUT2D eigenvalue weighted by Gasteiger charge is -2.26. The van der Waals surface area contributed by atoms with Gasteiger partial charge in [0.1, 0.15) is 11.2 Å². The van der Waals surface area contributed by atoms with Crippen molar-refractivity contribution in [1.29, 1.82) is 0 Å². The monoisotopic (exact) mass is 802 g/mol. The first-order chi connectivity index (χ1) is 31.3. The van der Waals surface area contributed by atoms with E-state index in [2.05, 4.69) is 228 Å². The average Bonchev–Trinajstić information content (AvgIpc) is 3.91. The lowest BCUT2D eigenvalue weighted by atomic mass is 10.0. The van der Waals surface area contributed by atoms with E-state index in [1.54, 1.807) is 0 Å². The summed E-state index contributed by atoms with van der Waals surface area (Å²) in [6.07, 6.45) is 0. The van der Waals surface area contributed by atoms with Crippen molar-refractivity contribution in [1.82, 2.24) is 4.40 Å². The minimum Gasteiger partial charge on any atom is -0.455 e. The van der Waals surface area contributed by atoms with E-state index in [1.165, 1.54) is 70.8 Å². The molecule has 0 saturated heterocycles. The van der Waals surface area contributed by atoms with E-state index in [4.69, 9.17) is 4.42 Å². The molecule has 0 radical (unpaired) electrons. The molecule has 0 amide bonds. The fourth-order valence-electron chi connectivity index (χ4n) is 10.1. The first kappa shape index (κ1) is 35.4. The van der Waals surface area contributed by atoms with Gasteiger partial charge in [0.2, 0.25) is 0 Å². The number of anilines is 3. The first-order valence-corrected chi connectivity index (χ1v) is 21.6. The Bertz CT molecular complexity index is 3950. The van der Waals surface area contributed by atoms with Crippen molar-refractivity contribution < 1.29 is 4.42 Å². The van der Waals surface area contributed by atoms with Crippen LogP contribution < -0.4 is 4.90 Å². The highest BCUT2D eigenvalue weighted by Gasteiger charge is 2.20. The van der Waals surface area contributed by atoms with Gasteiger partial charge in [0.15, 0.2) is 0 Å². The number of benzene rings is 10. The van der Waals surface area contributed by atoms with Crippen molar-refractivity contribution in [2.75, 3.05) is 4.90 Å². The summed E-state index contributed by atoms with van der Waals surface area (Å²) >= 11 is 0. The molecule has 3 heteroatoms. The number of para-hydroxylation sites is 4. The summed E-state index contributed by atoms with van der Waals surface area (Å²) in [5, 5.41) is 12.0. The second kappa shape index (κ2) is 14.1. The van der Waals surface area contributed by atoms with Gasteiger partial charge in [-0.1, -0.05) is 176 Å². The van der Waals surface area contributed by atoms with Gasteiger partial charge >= 0.3 is 0 Å². The Morgan fingerprint density at radius 1 is 0.302 bits per heavy atom. The molecule has 0 aliphatic carbocycles. The number of furan rings is 1. The molecular weight excluding hydrogens is 765 g/mol. The van der Waals surface area contributed by atoms with E-state index in [1.807, 2.05) is 12.1 Å². The Hall–Kier alpha value is -8.40. The molecule has 0 atom stereocenters. The van der Waals surface area contributed by atoms with Crippen LogP contribution in [0.15, 0.2) is 235 Å². The minimum atomic E-state index is 0.903. The summed E-state index contributed by atoms with van der Waals surface area (Å²) in [4.78, 5) is 2.38. The summed E-state index contributed by atoms with van der Waals surface area (Å²) in [7, 11) is 0. The third-order valence-corrected chi connectivity index (χ3v) is 13.0. The summed E-state index contributed by atoms with van der Waals surface area (Å²) in [6.45, 7) is 0. The van der Waals surface area contributed by atoms with Crippen LogP contribution in [0.3, 0.4) is 0 Å². The van der Waals surface area contributed by atoms with Crippen LogP contribution in [-0.4, -0.2) is 4.40 Å². The van der Waals surface area contributed by atoms with Gasteiger partial charge < -0.3 is 13.7 Å². The van der Waals surface area contributed by atoms with Crippen LogP contribution in [-0.2, 0) is 0 Å². The van der Waals surface area contributed by atoms with Crippen LogP contribution in [0.25, 0.3) is 104 Å². The smallest absolute Gasteiger partial charge is 0.143 e. The molecule has 0 bridgehead atoms.